The van der Waals surface area contributed by atoms with E-state index in [-0.39, 0.29) is 5.84 Å². The molecule has 166 valence electrons. The number of carboxylic acids is 1. The number of carbonyl (C=O) groups is 4. The number of amidine groups is 1. The maximum absolute atomic E-state index is 13.5. The maximum atomic E-state index is 13.5. The van der Waals surface area contributed by atoms with Gasteiger partial charge in [-0.25, -0.2) is 9.80 Å². The third kappa shape index (κ3) is 4.02. The van der Waals surface area contributed by atoms with E-state index in [2.05, 4.69) is 5.32 Å². The third-order valence-corrected chi connectivity index (χ3v) is 5.33. The molecule has 2 atom stereocenters. The van der Waals surface area contributed by atoms with Crippen molar-refractivity contribution in [2.75, 3.05) is 0 Å². The number of hydrogen-bond donors (Lipinski definition) is 4. The summed E-state index contributed by atoms with van der Waals surface area (Å²) >= 11 is 0. The van der Waals surface area contributed by atoms with Gasteiger partial charge in [0.2, 0.25) is 5.91 Å². The quantitative estimate of drug-likeness (QED) is 0.293. The highest BCUT2D eigenvalue weighted by molar-refractivity contribution is 6.08. The fraction of sp³-hybridized carbons (Fsp3) is 0.227. The van der Waals surface area contributed by atoms with Crippen LogP contribution in [0, 0.1) is 5.41 Å². The Morgan fingerprint density at radius 3 is 2.25 bits per heavy atom. The van der Waals surface area contributed by atoms with Crippen molar-refractivity contribution >= 4 is 29.7 Å². The Labute approximate surface area is 184 Å². The van der Waals surface area contributed by atoms with Crippen molar-refractivity contribution in [3.8, 4) is 0 Å². The van der Waals surface area contributed by atoms with Gasteiger partial charge in [-0.15, -0.1) is 0 Å². The number of urea groups is 1. The van der Waals surface area contributed by atoms with Crippen LogP contribution in [0.3, 0.4) is 0 Å². The van der Waals surface area contributed by atoms with Crippen molar-refractivity contribution in [3.05, 3.63) is 71.3 Å². The van der Waals surface area contributed by atoms with Crippen molar-refractivity contribution in [1.82, 2.24) is 15.3 Å². The summed E-state index contributed by atoms with van der Waals surface area (Å²) < 4.78 is 0. The van der Waals surface area contributed by atoms with Crippen LogP contribution in [-0.2, 0) is 19.9 Å². The lowest BCUT2D eigenvalue weighted by Gasteiger charge is -2.35. The summed E-state index contributed by atoms with van der Waals surface area (Å²) in [5, 5.41) is 21.1. The molecular formula is C22H23N5O5. The van der Waals surface area contributed by atoms with E-state index in [1.807, 2.05) is 0 Å². The van der Waals surface area contributed by atoms with Crippen LogP contribution in [0.5, 0.6) is 0 Å². The molecule has 3 rings (SSSR count). The number of benzene rings is 2. The van der Waals surface area contributed by atoms with Crippen LogP contribution in [0.1, 0.15) is 43.0 Å². The standard InChI is InChI=1S/C22H23N5O5/c1-13(28)26(17(12-18(29)30)14-6-4-3-5-7-14)27-20(31)22(2,25-21(27)32)16-10-8-15(9-11-16)19(23)24/h3-11,17H,12H2,1-2H3,(H3,23,24)(H,25,32)(H,29,30)/t17-,22-/m1/s1. The lowest BCUT2D eigenvalue weighted by Crippen LogP contribution is -2.52. The molecule has 0 aromatic heterocycles. The van der Waals surface area contributed by atoms with Gasteiger partial charge >= 0.3 is 12.0 Å². The molecule has 4 amide bonds. The van der Waals surface area contributed by atoms with Gasteiger partial charge < -0.3 is 16.2 Å². The Morgan fingerprint density at radius 2 is 1.75 bits per heavy atom. The molecule has 10 nitrogen and oxygen atoms in total. The molecule has 32 heavy (non-hydrogen) atoms. The van der Waals surface area contributed by atoms with Crippen molar-refractivity contribution in [2.45, 2.75) is 31.8 Å². The molecule has 2 aromatic rings. The molecule has 1 aliphatic heterocycles. The van der Waals surface area contributed by atoms with E-state index in [1.165, 1.54) is 6.92 Å². The van der Waals surface area contributed by atoms with E-state index in [1.54, 1.807) is 54.6 Å². The molecule has 5 N–H and O–H groups in total. The van der Waals surface area contributed by atoms with Crippen LogP contribution in [0.15, 0.2) is 54.6 Å². The zero-order valence-electron chi connectivity index (χ0n) is 17.5. The number of carboxylic acid groups (broad SMARTS) is 1. The summed E-state index contributed by atoms with van der Waals surface area (Å²) in [7, 11) is 0. The summed E-state index contributed by atoms with van der Waals surface area (Å²) in [5.74, 6) is -2.74. The van der Waals surface area contributed by atoms with Crippen molar-refractivity contribution in [3.63, 3.8) is 0 Å². The van der Waals surface area contributed by atoms with E-state index in [0.717, 1.165) is 11.9 Å². The number of aliphatic carboxylic acids is 1. The summed E-state index contributed by atoms with van der Waals surface area (Å²) in [4.78, 5) is 50.5. The molecule has 0 bridgehead atoms. The minimum atomic E-state index is -1.51. The molecule has 2 aromatic carbocycles. The van der Waals surface area contributed by atoms with Gasteiger partial charge in [-0.2, -0.15) is 5.01 Å². The molecule has 10 heteroatoms. The van der Waals surface area contributed by atoms with Gasteiger partial charge in [-0.1, -0.05) is 54.6 Å². The highest BCUT2D eigenvalue weighted by Gasteiger charge is 2.53. The van der Waals surface area contributed by atoms with Crippen LogP contribution in [0.2, 0.25) is 0 Å². The van der Waals surface area contributed by atoms with Crippen LogP contribution in [0.4, 0.5) is 4.79 Å². The molecule has 0 saturated carbocycles. The molecule has 1 aliphatic rings. The van der Waals surface area contributed by atoms with E-state index >= 15 is 0 Å². The second kappa shape index (κ2) is 8.50. The van der Waals surface area contributed by atoms with Gasteiger partial charge in [0.25, 0.3) is 5.91 Å². The fourth-order valence-electron chi connectivity index (χ4n) is 3.68. The van der Waals surface area contributed by atoms with Crippen LogP contribution < -0.4 is 11.1 Å². The SMILES string of the molecule is CC(=O)N([C@H](CC(=O)O)c1ccccc1)N1C(=O)N[C@](C)(c2ccc(C(=N)N)cc2)C1=O. The molecule has 0 spiro atoms. The lowest BCUT2D eigenvalue weighted by atomic mass is 9.91. The van der Waals surface area contributed by atoms with Crippen molar-refractivity contribution in [1.29, 1.82) is 5.41 Å². The van der Waals surface area contributed by atoms with E-state index < -0.39 is 41.8 Å². The fourth-order valence-corrected chi connectivity index (χ4v) is 3.68. The van der Waals surface area contributed by atoms with Gasteiger partial charge in [-0.05, 0) is 18.1 Å². The monoisotopic (exact) mass is 437 g/mol. The number of nitrogens with two attached hydrogens (primary N) is 1. The summed E-state index contributed by atoms with van der Waals surface area (Å²) in [5.41, 5.74) is 5.29. The van der Waals surface area contributed by atoms with Gasteiger partial charge in [0.15, 0.2) is 0 Å². The topological polar surface area (TPSA) is 157 Å². The summed E-state index contributed by atoms with van der Waals surface area (Å²) in [6.07, 6.45) is -0.509. The van der Waals surface area contributed by atoms with Gasteiger partial charge in [0.05, 0.1) is 12.5 Å². The van der Waals surface area contributed by atoms with Crippen molar-refractivity contribution in [2.24, 2.45) is 5.73 Å². The van der Waals surface area contributed by atoms with E-state index in [9.17, 15) is 24.3 Å². The summed E-state index contributed by atoms with van der Waals surface area (Å²) in [6, 6.07) is 12.6. The Hall–Kier alpha value is -4.21. The Bertz CT molecular complexity index is 1090. The molecule has 1 heterocycles. The number of amides is 4. The lowest BCUT2D eigenvalue weighted by molar-refractivity contribution is -0.162. The number of nitrogen functional groups attached to an aromatic ring is 1. The average molecular weight is 437 g/mol. The first-order chi connectivity index (χ1) is 15.1. The average Bonchev–Trinajstić information content (AvgIpc) is 2.97. The molecular weight excluding hydrogens is 414 g/mol. The molecule has 1 saturated heterocycles. The van der Waals surface area contributed by atoms with E-state index in [4.69, 9.17) is 11.1 Å². The molecule has 1 fully saturated rings. The number of imide groups is 1. The maximum Gasteiger partial charge on any atom is 0.344 e. The smallest absolute Gasteiger partial charge is 0.344 e. The third-order valence-electron chi connectivity index (χ3n) is 5.33. The normalized spacial score (nSPS) is 18.8. The first-order valence-electron chi connectivity index (χ1n) is 9.74. The molecule has 0 radical (unpaired) electrons. The predicted molar refractivity (Wildman–Crippen MR) is 114 cm³/mol. The second-order valence-electron chi connectivity index (χ2n) is 7.55. The number of nitrogens with one attached hydrogen (secondary N) is 2. The number of rotatable bonds is 7. The highest BCUT2D eigenvalue weighted by Crippen LogP contribution is 2.34. The summed E-state index contributed by atoms with van der Waals surface area (Å²) in [6.45, 7) is 2.65. The molecule has 0 unspecified atom stereocenters. The largest absolute Gasteiger partial charge is 0.481 e. The van der Waals surface area contributed by atoms with E-state index in [0.29, 0.717) is 21.7 Å². The second-order valence-corrected chi connectivity index (χ2v) is 7.55. The predicted octanol–water partition coefficient (Wildman–Crippen LogP) is 1.72. The van der Waals surface area contributed by atoms with Crippen LogP contribution >= 0.6 is 0 Å². The zero-order valence-corrected chi connectivity index (χ0v) is 17.5. The first kappa shape index (κ1) is 22.5. The Morgan fingerprint density at radius 1 is 1.16 bits per heavy atom. The number of nitrogens with zero attached hydrogens (tertiary/aromatic N) is 2. The Balaban J connectivity index is 2.04. The van der Waals surface area contributed by atoms with Gasteiger partial charge in [0, 0.05) is 12.5 Å². The minimum absolute atomic E-state index is 0.146. The van der Waals surface area contributed by atoms with Crippen molar-refractivity contribution < 1.29 is 24.3 Å². The van der Waals surface area contributed by atoms with Gasteiger partial charge in [0.1, 0.15) is 11.4 Å². The van der Waals surface area contributed by atoms with Gasteiger partial charge in [-0.3, -0.25) is 19.8 Å². The highest BCUT2D eigenvalue weighted by atomic mass is 16.4. The Kier molecular flexibility index (Phi) is 5.97. The van der Waals surface area contributed by atoms with Crippen LogP contribution in [0.25, 0.3) is 0 Å². The zero-order chi connectivity index (χ0) is 23.6. The first-order valence-corrected chi connectivity index (χ1v) is 9.74. The number of hydrazine groups is 1. The number of carbonyl (C=O) groups excluding carboxylic acids is 3. The minimum Gasteiger partial charge on any atom is -0.481 e. The van der Waals surface area contributed by atoms with Crippen LogP contribution in [-0.4, -0.2) is 44.8 Å². The number of hydrogen-bond acceptors (Lipinski definition) is 5. The molecule has 0 aliphatic carbocycles.